The number of carbonyl (C=O) groups is 2. The number of hydrogen-bond donors (Lipinski definition) is 0. The van der Waals surface area contributed by atoms with Gasteiger partial charge in [-0.2, -0.15) is 0 Å². The van der Waals surface area contributed by atoms with Crippen molar-refractivity contribution in [2.75, 3.05) is 31.1 Å². The van der Waals surface area contributed by atoms with Gasteiger partial charge in [0, 0.05) is 38.6 Å². The Morgan fingerprint density at radius 2 is 1.82 bits per heavy atom. The summed E-state index contributed by atoms with van der Waals surface area (Å²) in [5, 5.41) is 0.659. The molecule has 3 aromatic rings. The van der Waals surface area contributed by atoms with Gasteiger partial charge in [-0.25, -0.2) is 14.6 Å². The molecule has 8 nitrogen and oxygen atoms in total. The second-order valence-electron chi connectivity index (χ2n) is 9.34. The van der Waals surface area contributed by atoms with Crippen LogP contribution in [-0.4, -0.2) is 63.7 Å². The van der Waals surface area contributed by atoms with Gasteiger partial charge in [0.25, 0.3) is 0 Å². The number of hydrogen-bond acceptors (Lipinski definition) is 6. The van der Waals surface area contributed by atoms with Gasteiger partial charge in [-0.15, -0.1) is 0 Å². The van der Waals surface area contributed by atoms with Crippen molar-refractivity contribution in [3.63, 3.8) is 0 Å². The van der Waals surface area contributed by atoms with Crippen LogP contribution in [0.4, 0.5) is 14.7 Å². The van der Waals surface area contributed by atoms with Gasteiger partial charge in [0.1, 0.15) is 5.60 Å². The van der Waals surface area contributed by atoms with Crippen molar-refractivity contribution in [3.8, 4) is 0 Å². The van der Waals surface area contributed by atoms with Crippen molar-refractivity contribution in [2.45, 2.75) is 46.3 Å². The number of rotatable bonds is 4. The molecular weight excluding hydrogens is 450 g/mol. The van der Waals surface area contributed by atoms with Crippen LogP contribution in [0.15, 0.2) is 42.7 Å². The second kappa shape index (κ2) is 9.97. The zero-order valence-corrected chi connectivity index (χ0v) is 21.0. The summed E-state index contributed by atoms with van der Waals surface area (Å²) in [6.07, 6.45) is 4.09. The molecule has 0 saturated carbocycles. The van der Waals surface area contributed by atoms with Gasteiger partial charge in [-0.1, -0.05) is 30.4 Å². The average molecular weight is 482 g/mol. The third kappa shape index (κ3) is 5.64. The molecule has 0 N–H and O–H groups in total. The Kier molecular flexibility index (Phi) is 7.02. The maximum absolute atomic E-state index is 13.7. The average Bonchev–Trinajstić information content (AvgIpc) is 3.24. The molecule has 0 atom stereocenters. The highest BCUT2D eigenvalue weighted by atomic mass is 32.1. The number of amides is 3. The number of fused-ring (bicyclic) bond motifs is 1. The molecule has 4 rings (SSSR count). The van der Waals surface area contributed by atoms with Crippen molar-refractivity contribution in [1.82, 2.24) is 19.8 Å². The molecule has 0 spiro atoms. The minimum atomic E-state index is -0.547. The van der Waals surface area contributed by atoms with Gasteiger partial charge in [0.05, 0.1) is 16.8 Å². The minimum absolute atomic E-state index is 0.123. The summed E-state index contributed by atoms with van der Waals surface area (Å²) in [7, 11) is 0. The fourth-order valence-corrected chi connectivity index (χ4v) is 4.78. The van der Waals surface area contributed by atoms with Crippen LogP contribution >= 0.6 is 11.3 Å². The lowest BCUT2D eigenvalue weighted by atomic mass is 10.2. The quantitative estimate of drug-likeness (QED) is 0.528. The number of pyridine rings is 1. The highest BCUT2D eigenvalue weighted by Gasteiger charge is 2.31. The van der Waals surface area contributed by atoms with Crippen LogP contribution in [0.3, 0.4) is 0 Å². The largest absolute Gasteiger partial charge is 0.444 e. The lowest BCUT2D eigenvalue weighted by molar-refractivity contribution is 0.0172. The molecule has 9 heteroatoms. The molecule has 0 unspecified atom stereocenters. The van der Waals surface area contributed by atoms with E-state index >= 15 is 0 Å². The van der Waals surface area contributed by atoms with E-state index in [1.165, 1.54) is 16.9 Å². The van der Waals surface area contributed by atoms with Crippen molar-refractivity contribution >= 4 is 38.8 Å². The molecule has 0 aliphatic carbocycles. The summed E-state index contributed by atoms with van der Waals surface area (Å²) in [5.74, 6) is 0. The van der Waals surface area contributed by atoms with Gasteiger partial charge in [-0.05, 0) is 56.5 Å². The van der Waals surface area contributed by atoms with Crippen LogP contribution in [0.2, 0.25) is 0 Å². The number of carbonyl (C=O) groups excluding carboxylic acids is 2. The summed E-state index contributed by atoms with van der Waals surface area (Å²) < 4.78 is 6.54. The molecule has 1 fully saturated rings. The van der Waals surface area contributed by atoms with E-state index in [1.54, 1.807) is 27.1 Å². The molecule has 34 heavy (non-hydrogen) atoms. The number of anilines is 1. The van der Waals surface area contributed by atoms with Crippen LogP contribution in [0.5, 0.6) is 0 Å². The van der Waals surface area contributed by atoms with Gasteiger partial charge in [0.2, 0.25) is 0 Å². The van der Waals surface area contributed by atoms with E-state index in [0.29, 0.717) is 37.9 Å². The first-order valence-corrected chi connectivity index (χ1v) is 12.4. The third-order valence-corrected chi connectivity index (χ3v) is 6.62. The normalized spacial score (nSPS) is 14.4. The fourth-order valence-electron chi connectivity index (χ4n) is 3.76. The van der Waals surface area contributed by atoms with E-state index < -0.39 is 5.60 Å². The van der Waals surface area contributed by atoms with Crippen molar-refractivity contribution in [1.29, 1.82) is 0 Å². The molecule has 1 aliphatic heterocycles. The van der Waals surface area contributed by atoms with E-state index in [-0.39, 0.29) is 12.1 Å². The highest BCUT2D eigenvalue weighted by Crippen LogP contribution is 2.31. The molecule has 0 bridgehead atoms. The van der Waals surface area contributed by atoms with Crippen LogP contribution in [0, 0.1) is 0 Å². The maximum Gasteiger partial charge on any atom is 0.410 e. The number of benzene rings is 1. The lowest BCUT2D eigenvalue weighted by Gasteiger charge is -2.37. The molecule has 3 heterocycles. The van der Waals surface area contributed by atoms with Crippen LogP contribution in [0.25, 0.3) is 10.2 Å². The number of thiazole rings is 1. The monoisotopic (exact) mass is 481 g/mol. The Labute approximate surface area is 204 Å². The van der Waals surface area contributed by atoms with Crippen LogP contribution < -0.4 is 4.90 Å². The smallest absolute Gasteiger partial charge is 0.410 e. The van der Waals surface area contributed by atoms with Crippen molar-refractivity contribution in [2.24, 2.45) is 0 Å². The first-order chi connectivity index (χ1) is 16.2. The third-order valence-electron chi connectivity index (χ3n) is 5.58. The number of aryl methyl sites for hydroxylation is 1. The molecule has 180 valence electrons. The predicted molar refractivity (Wildman–Crippen MR) is 134 cm³/mol. The standard InChI is InChI=1S/C25H31N5O3S/c1-5-18-8-9-20-21(15-18)34-22(27-20)30(17-19-7-6-10-26-16-19)23(31)28-11-13-29(14-12-28)24(32)33-25(2,3)4/h6-10,15-16H,5,11-14,17H2,1-4H3. The number of aromatic nitrogens is 2. The summed E-state index contributed by atoms with van der Waals surface area (Å²) in [6, 6.07) is 9.93. The fraction of sp³-hybridized carbons (Fsp3) is 0.440. The highest BCUT2D eigenvalue weighted by molar-refractivity contribution is 7.22. The number of nitrogens with zero attached hydrogens (tertiary/aromatic N) is 5. The van der Waals surface area contributed by atoms with Crippen LogP contribution in [0.1, 0.15) is 38.8 Å². The molecule has 0 radical (unpaired) electrons. The molecule has 3 amide bonds. The Morgan fingerprint density at radius 3 is 2.47 bits per heavy atom. The van der Waals surface area contributed by atoms with E-state index in [2.05, 4.69) is 24.0 Å². The maximum atomic E-state index is 13.7. The zero-order chi connectivity index (χ0) is 24.3. The summed E-state index contributed by atoms with van der Waals surface area (Å²) in [5.41, 5.74) is 2.51. The first-order valence-electron chi connectivity index (χ1n) is 11.6. The molecule has 1 aromatic carbocycles. The van der Waals surface area contributed by atoms with Gasteiger partial charge in [-0.3, -0.25) is 9.88 Å². The SMILES string of the molecule is CCc1ccc2nc(N(Cc3cccnc3)C(=O)N3CCN(C(=O)OC(C)(C)C)CC3)sc2c1. The lowest BCUT2D eigenvalue weighted by Crippen LogP contribution is -2.54. The number of urea groups is 1. The first kappa shape index (κ1) is 23.9. The van der Waals surface area contributed by atoms with Crippen LogP contribution in [-0.2, 0) is 17.7 Å². The summed E-state index contributed by atoms with van der Waals surface area (Å²) in [6.45, 7) is 9.78. The predicted octanol–water partition coefficient (Wildman–Crippen LogP) is 4.93. The minimum Gasteiger partial charge on any atom is -0.444 e. The van der Waals surface area contributed by atoms with E-state index in [1.807, 2.05) is 39.0 Å². The molecular formula is C25H31N5O3S. The van der Waals surface area contributed by atoms with E-state index in [0.717, 1.165) is 22.2 Å². The molecule has 1 aliphatic rings. The Hall–Kier alpha value is -3.20. The summed E-state index contributed by atoms with van der Waals surface area (Å²) in [4.78, 5) is 40.2. The van der Waals surface area contributed by atoms with Gasteiger partial charge in [0.15, 0.2) is 5.13 Å². The Morgan fingerprint density at radius 1 is 1.09 bits per heavy atom. The van der Waals surface area contributed by atoms with E-state index in [4.69, 9.17) is 9.72 Å². The summed E-state index contributed by atoms with van der Waals surface area (Å²) >= 11 is 1.52. The molecule has 1 saturated heterocycles. The van der Waals surface area contributed by atoms with Crippen molar-refractivity contribution in [3.05, 3.63) is 53.9 Å². The number of ether oxygens (including phenoxy) is 1. The topological polar surface area (TPSA) is 78.9 Å². The Bertz CT molecular complexity index is 1150. The number of piperazine rings is 1. The van der Waals surface area contributed by atoms with E-state index in [9.17, 15) is 9.59 Å². The van der Waals surface area contributed by atoms with Gasteiger partial charge < -0.3 is 14.5 Å². The zero-order valence-electron chi connectivity index (χ0n) is 20.2. The second-order valence-corrected chi connectivity index (χ2v) is 10.3. The molecule has 2 aromatic heterocycles. The van der Waals surface area contributed by atoms with Gasteiger partial charge >= 0.3 is 12.1 Å². The Balaban J connectivity index is 1.54. The van der Waals surface area contributed by atoms with Crippen molar-refractivity contribution < 1.29 is 14.3 Å².